The summed E-state index contributed by atoms with van der Waals surface area (Å²) in [5.41, 5.74) is 7.79. The topological polar surface area (TPSA) is 56.7 Å². The third-order valence-corrected chi connectivity index (χ3v) is 10.2. The molecule has 0 saturated heterocycles. The Morgan fingerprint density at radius 2 is 0.923 bits per heavy atom. The number of aromatic nitrogens is 4. The summed E-state index contributed by atoms with van der Waals surface area (Å²) in [6.07, 6.45) is 0. The van der Waals surface area contributed by atoms with Gasteiger partial charge >= 0.3 is 0 Å². The maximum atomic E-state index is 6.41. The van der Waals surface area contributed by atoms with Crippen LogP contribution in [0, 0.1) is 0 Å². The molecule has 0 unspecified atom stereocenters. The van der Waals surface area contributed by atoms with E-state index < -0.39 is 0 Å². The molecular weight excluding hydrogens is 637 g/mol. The van der Waals surface area contributed by atoms with Crippen molar-refractivity contribution in [3.05, 3.63) is 170 Å². The quantitative estimate of drug-likeness (QED) is 0.176. The first-order valence-corrected chi connectivity index (χ1v) is 17.5. The number of rotatable bonds is 4. The molecule has 0 bridgehead atoms. The third-order valence-electron chi connectivity index (χ3n) is 10.2. The summed E-state index contributed by atoms with van der Waals surface area (Å²) in [6.45, 7) is 0. The Balaban J connectivity index is 1.32. The van der Waals surface area contributed by atoms with Crippen LogP contribution in [-0.4, -0.2) is 19.5 Å². The molecule has 0 amide bonds. The van der Waals surface area contributed by atoms with Crippen LogP contribution in [-0.2, 0) is 0 Å². The van der Waals surface area contributed by atoms with E-state index >= 15 is 0 Å². The molecule has 242 valence electrons. The first-order valence-electron chi connectivity index (χ1n) is 17.5. The number of para-hydroxylation sites is 2. The van der Waals surface area contributed by atoms with Crippen molar-refractivity contribution >= 4 is 65.3 Å². The van der Waals surface area contributed by atoms with Crippen molar-refractivity contribution in [3.8, 4) is 39.9 Å². The van der Waals surface area contributed by atoms with Crippen LogP contribution in [0.4, 0.5) is 0 Å². The minimum absolute atomic E-state index is 0.561. The molecule has 0 aliphatic carbocycles. The summed E-state index contributed by atoms with van der Waals surface area (Å²) in [5.74, 6) is 1.79. The second-order valence-corrected chi connectivity index (χ2v) is 13.2. The number of furan rings is 1. The number of nitrogens with zero attached hydrogens (tertiary/aromatic N) is 4. The highest BCUT2D eigenvalue weighted by Gasteiger charge is 2.24. The Labute approximate surface area is 298 Å². The van der Waals surface area contributed by atoms with Crippen LogP contribution in [0.25, 0.3) is 105 Å². The molecule has 0 aliphatic rings. The largest absolute Gasteiger partial charge is 0.456 e. The van der Waals surface area contributed by atoms with Crippen LogP contribution in [0.5, 0.6) is 0 Å². The average Bonchev–Trinajstić information content (AvgIpc) is 3.78. The van der Waals surface area contributed by atoms with E-state index in [1.807, 2.05) is 48.5 Å². The molecule has 0 aliphatic heterocycles. The maximum absolute atomic E-state index is 6.41. The number of fused-ring (bicyclic) bond motifs is 11. The summed E-state index contributed by atoms with van der Waals surface area (Å²) in [7, 11) is 0. The normalized spacial score (nSPS) is 11.8. The maximum Gasteiger partial charge on any atom is 0.238 e. The van der Waals surface area contributed by atoms with E-state index in [0.717, 1.165) is 66.0 Å². The van der Waals surface area contributed by atoms with Crippen molar-refractivity contribution < 1.29 is 4.42 Å². The molecule has 8 aromatic carbocycles. The Morgan fingerprint density at radius 3 is 1.63 bits per heavy atom. The van der Waals surface area contributed by atoms with Gasteiger partial charge in [0.15, 0.2) is 11.6 Å². The summed E-state index contributed by atoms with van der Waals surface area (Å²) in [6, 6.07) is 59.1. The van der Waals surface area contributed by atoms with Gasteiger partial charge in [-0.15, -0.1) is 0 Å². The zero-order chi connectivity index (χ0) is 34.2. The fourth-order valence-electron chi connectivity index (χ4n) is 7.95. The zero-order valence-corrected chi connectivity index (χ0v) is 27.9. The lowest BCUT2D eigenvalue weighted by Crippen LogP contribution is -2.07. The van der Waals surface area contributed by atoms with E-state index in [2.05, 4.69) is 126 Å². The molecule has 0 N–H and O–H groups in total. The lowest BCUT2D eigenvalue weighted by Gasteiger charge is -2.14. The van der Waals surface area contributed by atoms with Gasteiger partial charge in [0, 0.05) is 43.6 Å². The fourth-order valence-corrected chi connectivity index (χ4v) is 7.95. The number of hydrogen-bond acceptors (Lipinski definition) is 4. The molecule has 0 radical (unpaired) electrons. The molecule has 0 spiro atoms. The highest BCUT2D eigenvalue weighted by molar-refractivity contribution is 6.33. The summed E-state index contributed by atoms with van der Waals surface area (Å²) in [5, 5.41) is 9.22. The van der Waals surface area contributed by atoms with Crippen LogP contribution in [0.3, 0.4) is 0 Å². The summed E-state index contributed by atoms with van der Waals surface area (Å²) >= 11 is 0. The van der Waals surface area contributed by atoms with E-state index in [0.29, 0.717) is 17.6 Å². The van der Waals surface area contributed by atoms with Gasteiger partial charge in [-0.1, -0.05) is 152 Å². The number of benzene rings is 8. The summed E-state index contributed by atoms with van der Waals surface area (Å²) < 4.78 is 8.68. The summed E-state index contributed by atoms with van der Waals surface area (Å²) in [4.78, 5) is 15.6. The Kier molecular flexibility index (Phi) is 6.18. The van der Waals surface area contributed by atoms with E-state index in [1.54, 1.807) is 0 Å². The standard InChI is InChI=1S/C47H28N4O/c1-3-14-29(15-4-1)45-48-46(30-16-5-2-6-17-30)50-47(49-45)51-43-32(31-26-27-36-35-20-11-12-25-40(35)52-41(36)28-31)23-13-24-39(43)42-37-21-9-7-18-33(37)34-19-8-10-22-38(34)44(42)51/h1-28H. The van der Waals surface area contributed by atoms with Gasteiger partial charge in [-0.3, -0.25) is 4.57 Å². The monoisotopic (exact) mass is 664 g/mol. The molecule has 0 atom stereocenters. The Morgan fingerprint density at radius 1 is 0.365 bits per heavy atom. The van der Waals surface area contributed by atoms with Gasteiger partial charge < -0.3 is 4.42 Å². The highest BCUT2D eigenvalue weighted by atomic mass is 16.3. The van der Waals surface area contributed by atoms with Crippen molar-refractivity contribution in [2.45, 2.75) is 0 Å². The van der Waals surface area contributed by atoms with Crippen LogP contribution < -0.4 is 0 Å². The van der Waals surface area contributed by atoms with Gasteiger partial charge in [0.2, 0.25) is 5.95 Å². The van der Waals surface area contributed by atoms with Gasteiger partial charge in [0.25, 0.3) is 0 Å². The average molecular weight is 665 g/mol. The molecule has 52 heavy (non-hydrogen) atoms. The van der Waals surface area contributed by atoms with E-state index in [-0.39, 0.29) is 0 Å². The molecule has 0 saturated carbocycles. The van der Waals surface area contributed by atoms with E-state index in [9.17, 15) is 0 Å². The van der Waals surface area contributed by atoms with Crippen molar-refractivity contribution in [1.82, 2.24) is 19.5 Å². The first-order chi connectivity index (χ1) is 25.8. The second kappa shape index (κ2) is 11.2. The molecular formula is C47H28N4O. The molecule has 5 heteroatoms. The first kappa shape index (κ1) is 28.7. The smallest absolute Gasteiger partial charge is 0.238 e. The predicted octanol–water partition coefficient (Wildman–Crippen LogP) is 12.2. The number of hydrogen-bond donors (Lipinski definition) is 0. The fraction of sp³-hybridized carbons (Fsp3) is 0. The van der Waals surface area contributed by atoms with Crippen molar-refractivity contribution in [1.29, 1.82) is 0 Å². The van der Waals surface area contributed by atoms with E-state index in [4.69, 9.17) is 19.4 Å². The van der Waals surface area contributed by atoms with Gasteiger partial charge in [0.05, 0.1) is 11.0 Å². The molecule has 3 heterocycles. The minimum Gasteiger partial charge on any atom is -0.456 e. The van der Waals surface area contributed by atoms with Crippen LogP contribution in [0.1, 0.15) is 0 Å². The van der Waals surface area contributed by atoms with Gasteiger partial charge in [-0.2, -0.15) is 9.97 Å². The lowest BCUT2D eigenvalue weighted by molar-refractivity contribution is 0.669. The highest BCUT2D eigenvalue weighted by Crippen LogP contribution is 2.45. The minimum atomic E-state index is 0.561. The van der Waals surface area contributed by atoms with Crippen LogP contribution >= 0.6 is 0 Å². The molecule has 3 aromatic heterocycles. The van der Waals surface area contributed by atoms with Crippen LogP contribution in [0.15, 0.2) is 174 Å². The van der Waals surface area contributed by atoms with Gasteiger partial charge in [-0.25, -0.2) is 4.98 Å². The Bertz CT molecular complexity index is 3120. The molecule has 5 nitrogen and oxygen atoms in total. The molecule has 0 fully saturated rings. The second-order valence-electron chi connectivity index (χ2n) is 13.2. The van der Waals surface area contributed by atoms with Crippen molar-refractivity contribution in [3.63, 3.8) is 0 Å². The SMILES string of the molecule is c1ccc(-c2nc(-c3ccccc3)nc(-n3c4c(-c5ccc6c(c5)oc5ccccc56)cccc4c4c5ccccc5c5ccccc5c43)n2)cc1. The third kappa shape index (κ3) is 4.26. The molecule has 11 aromatic rings. The lowest BCUT2D eigenvalue weighted by atomic mass is 9.96. The Hall–Kier alpha value is -7.11. The van der Waals surface area contributed by atoms with Crippen LogP contribution in [0.2, 0.25) is 0 Å². The van der Waals surface area contributed by atoms with Crippen molar-refractivity contribution in [2.75, 3.05) is 0 Å². The van der Waals surface area contributed by atoms with E-state index in [1.165, 1.54) is 21.5 Å². The zero-order valence-electron chi connectivity index (χ0n) is 27.9. The van der Waals surface area contributed by atoms with Crippen molar-refractivity contribution in [2.24, 2.45) is 0 Å². The predicted molar refractivity (Wildman–Crippen MR) is 213 cm³/mol. The van der Waals surface area contributed by atoms with Gasteiger partial charge in [0.1, 0.15) is 11.2 Å². The molecule has 11 rings (SSSR count). The van der Waals surface area contributed by atoms with Gasteiger partial charge in [-0.05, 0) is 39.9 Å².